The van der Waals surface area contributed by atoms with E-state index in [1.807, 2.05) is 7.05 Å². The Bertz CT molecular complexity index is 57.7. The van der Waals surface area contributed by atoms with Crippen molar-refractivity contribution in [1.82, 2.24) is 5.32 Å². The lowest BCUT2D eigenvalue weighted by atomic mass is 10.1. The molecule has 1 atom stereocenters. The molecule has 61 valence electrons. The average Bonchev–Trinajstić information content (AvgIpc) is 1.99. The third-order valence-electron chi connectivity index (χ3n) is 1.95. The van der Waals surface area contributed by atoms with Gasteiger partial charge in [0.1, 0.15) is 0 Å². The van der Waals surface area contributed by atoms with Gasteiger partial charge in [-0.1, -0.05) is 33.1 Å². The van der Waals surface area contributed by atoms with Crippen LogP contribution < -0.4 is 5.32 Å². The van der Waals surface area contributed by atoms with E-state index in [1.165, 1.54) is 25.7 Å². The molecule has 0 aromatic carbocycles. The summed E-state index contributed by atoms with van der Waals surface area (Å²) in [5.74, 6) is 0. The normalized spacial score (nSPS) is 13.5. The van der Waals surface area contributed by atoms with Crippen molar-refractivity contribution in [3.63, 3.8) is 0 Å². The first-order chi connectivity index (χ1) is 4.85. The van der Waals surface area contributed by atoms with E-state index in [4.69, 9.17) is 0 Å². The van der Waals surface area contributed by atoms with E-state index in [-0.39, 0.29) is 0 Å². The van der Waals surface area contributed by atoms with E-state index in [0.717, 1.165) is 12.5 Å². The molecule has 0 aromatic rings. The third kappa shape index (κ3) is 4.80. The van der Waals surface area contributed by atoms with Gasteiger partial charge in [-0.05, 0) is 19.9 Å². The van der Waals surface area contributed by atoms with Crippen molar-refractivity contribution >= 4 is 0 Å². The van der Waals surface area contributed by atoms with Crippen LogP contribution in [0.2, 0.25) is 0 Å². The predicted molar refractivity (Wildman–Crippen MR) is 47.0 cm³/mol. The van der Waals surface area contributed by atoms with Crippen molar-refractivity contribution in [2.75, 3.05) is 7.05 Å². The molecule has 0 spiro atoms. The number of unbranched alkanes of at least 4 members (excludes halogenated alkanes) is 2. The Labute approximate surface area is 65.2 Å². The second-order valence-electron chi connectivity index (χ2n) is 2.74. The smallest absolute Gasteiger partial charge is 0.00614 e. The molecule has 0 aliphatic heterocycles. The van der Waals surface area contributed by atoms with Gasteiger partial charge in [0.15, 0.2) is 0 Å². The summed E-state index contributed by atoms with van der Waals surface area (Å²) < 4.78 is 0. The summed E-state index contributed by atoms with van der Waals surface area (Å²) in [5, 5.41) is 3.29. The van der Waals surface area contributed by atoms with Gasteiger partial charge in [-0.25, -0.2) is 0 Å². The quantitative estimate of drug-likeness (QED) is 0.561. The molecule has 0 aliphatic carbocycles. The molecule has 1 nitrogen and oxygen atoms in total. The molecule has 0 aromatic heterocycles. The first kappa shape index (κ1) is 9.96. The van der Waals surface area contributed by atoms with Gasteiger partial charge in [-0.15, -0.1) is 0 Å². The second kappa shape index (κ2) is 7.07. The van der Waals surface area contributed by atoms with Crippen LogP contribution >= 0.6 is 0 Å². The molecule has 0 aliphatic rings. The Morgan fingerprint density at radius 1 is 1.40 bits per heavy atom. The molecular formula is C9H20N. The fraction of sp³-hybridized carbons (Fsp3) is 0.889. The van der Waals surface area contributed by atoms with E-state index in [2.05, 4.69) is 19.2 Å². The molecule has 0 amide bonds. The van der Waals surface area contributed by atoms with E-state index in [1.54, 1.807) is 0 Å². The van der Waals surface area contributed by atoms with E-state index in [0.29, 0.717) is 0 Å². The zero-order valence-corrected chi connectivity index (χ0v) is 7.32. The van der Waals surface area contributed by atoms with Gasteiger partial charge in [0.05, 0.1) is 0 Å². The molecule has 0 fully saturated rings. The number of hydrogen-bond donors (Lipinski definition) is 1. The van der Waals surface area contributed by atoms with Gasteiger partial charge in [-0.2, -0.15) is 0 Å². The van der Waals surface area contributed by atoms with Gasteiger partial charge in [0, 0.05) is 6.04 Å². The number of nitrogens with one attached hydrogen (secondary N) is 1. The maximum atomic E-state index is 3.81. The van der Waals surface area contributed by atoms with E-state index < -0.39 is 0 Å². The minimum Gasteiger partial charge on any atom is -0.317 e. The summed E-state index contributed by atoms with van der Waals surface area (Å²) in [6.45, 7) is 6.04. The Morgan fingerprint density at radius 3 is 2.50 bits per heavy atom. The summed E-state index contributed by atoms with van der Waals surface area (Å²) in [4.78, 5) is 0. The summed E-state index contributed by atoms with van der Waals surface area (Å²) in [6.07, 6.45) is 6.23. The minimum atomic E-state index is 0.728. The summed E-state index contributed by atoms with van der Waals surface area (Å²) >= 11 is 0. The fourth-order valence-electron chi connectivity index (χ4n) is 1.12. The molecule has 0 saturated carbocycles. The third-order valence-corrected chi connectivity index (χ3v) is 1.95. The second-order valence-corrected chi connectivity index (χ2v) is 2.74. The molecule has 0 rings (SSSR count). The standard InChI is InChI=1S/C9H20N/c1-4-6-7-8-9(5-2)10-3/h9-10H,1,4-8H2,2-3H3. The minimum absolute atomic E-state index is 0.728. The van der Waals surface area contributed by atoms with Crippen molar-refractivity contribution in [3.8, 4) is 0 Å². The van der Waals surface area contributed by atoms with Crippen LogP contribution in [-0.4, -0.2) is 13.1 Å². The molecule has 1 unspecified atom stereocenters. The van der Waals surface area contributed by atoms with Gasteiger partial charge in [0.25, 0.3) is 0 Å². The maximum Gasteiger partial charge on any atom is 0.00614 e. The SMILES string of the molecule is [CH2]CCCCC(CC)NC. The van der Waals surface area contributed by atoms with Gasteiger partial charge in [0.2, 0.25) is 0 Å². The molecular weight excluding hydrogens is 122 g/mol. The lowest BCUT2D eigenvalue weighted by molar-refractivity contribution is 0.483. The van der Waals surface area contributed by atoms with Crippen molar-refractivity contribution in [2.24, 2.45) is 0 Å². The molecule has 1 N–H and O–H groups in total. The largest absolute Gasteiger partial charge is 0.317 e. The fourth-order valence-corrected chi connectivity index (χ4v) is 1.12. The average molecular weight is 142 g/mol. The maximum absolute atomic E-state index is 3.81. The molecule has 0 saturated heterocycles. The number of hydrogen-bond acceptors (Lipinski definition) is 1. The Morgan fingerprint density at radius 2 is 2.10 bits per heavy atom. The van der Waals surface area contributed by atoms with Crippen LogP contribution in [0, 0.1) is 6.92 Å². The van der Waals surface area contributed by atoms with Crippen molar-refractivity contribution in [2.45, 2.75) is 45.1 Å². The summed E-state index contributed by atoms with van der Waals surface area (Å²) in [5.41, 5.74) is 0. The highest BCUT2D eigenvalue weighted by molar-refractivity contribution is 4.61. The Balaban J connectivity index is 3.09. The molecule has 0 bridgehead atoms. The van der Waals surface area contributed by atoms with Gasteiger partial charge in [-0.3, -0.25) is 0 Å². The predicted octanol–water partition coefficient (Wildman–Crippen LogP) is 2.38. The molecule has 1 radical (unpaired) electrons. The molecule has 1 heteroatoms. The van der Waals surface area contributed by atoms with Crippen LogP contribution in [0.25, 0.3) is 0 Å². The highest BCUT2D eigenvalue weighted by Crippen LogP contribution is 2.04. The topological polar surface area (TPSA) is 12.0 Å². The highest BCUT2D eigenvalue weighted by Gasteiger charge is 2.00. The van der Waals surface area contributed by atoms with Crippen molar-refractivity contribution < 1.29 is 0 Å². The van der Waals surface area contributed by atoms with Crippen LogP contribution in [0.3, 0.4) is 0 Å². The molecule has 10 heavy (non-hydrogen) atoms. The summed E-state index contributed by atoms with van der Waals surface area (Å²) in [7, 11) is 2.04. The lowest BCUT2D eigenvalue weighted by Crippen LogP contribution is -2.23. The summed E-state index contributed by atoms with van der Waals surface area (Å²) in [6, 6.07) is 0.728. The zero-order chi connectivity index (χ0) is 7.82. The molecule has 0 heterocycles. The first-order valence-electron chi connectivity index (χ1n) is 4.31. The van der Waals surface area contributed by atoms with Crippen molar-refractivity contribution in [3.05, 3.63) is 6.92 Å². The van der Waals surface area contributed by atoms with E-state index in [9.17, 15) is 0 Å². The van der Waals surface area contributed by atoms with Crippen LogP contribution in [0.5, 0.6) is 0 Å². The highest BCUT2D eigenvalue weighted by atomic mass is 14.9. The number of rotatable bonds is 6. The van der Waals surface area contributed by atoms with Crippen LogP contribution in [0.15, 0.2) is 0 Å². The monoisotopic (exact) mass is 142 g/mol. The van der Waals surface area contributed by atoms with Crippen molar-refractivity contribution in [1.29, 1.82) is 0 Å². The van der Waals surface area contributed by atoms with Crippen LogP contribution in [0.1, 0.15) is 39.0 Å². The van der Waals surface area contributed by atoms with Gasteiger partial charge < -0.3 is 5.32 Å². The first-order valence-corrected chi connectivity index (χ1v) is 4.31. The van der Waals surface area contributed by atoms with E-state index >= 15 is 0 Å². The lowest BCUT2D eigenvalue weighted by Gasteiger charge is -2.12. The van der Waals surface area contributed by atoms with Gasteiger partial charge >= 0.3 is 0 Å². The Kier molecular flexibility index (Phi) is 7.04. The van der Waals surface area contributed by atoms with Crippen LogP contribution in [-0.2, 0) is 0 Å². The Hall–Kier alpha value is -0.0400. The van der Waals surface area contributed by atoms with Crippen LogP contribution in [0.4, 0.5) is 0 Å². The zero-order valence-electron chi connectivity index (χ0n) is 7.32.